The van der Waals surface area contributed by atoms with Crippen LogP contribution < -0.4 is 0 Å². The summed E-state index contributed by atoms with van der Waals surface area (Å²) in [5, 5.41) is 0. The summed E-state index contributed by atoms with van der Waals surface area (Å²) in [7, 11) is 0. The van der Waals surface area contributed by atoms with Gasteiger partial charge in [-0.2, -0.15) is 13.2 Å². The highest BCUT2D eigenvalue weighted by Crippen LogP contribution is 2.35. The molecule has 0 N–H and O–H groups in total. The van der Waals surface area contributed by atoms with Crippen molar-refractivity contribution in [2.75, 3.05) is 0 Å². The topological polar surface area (TPSA) is 34.4 Å². The molecule has 0 unspecified atom stereocenters. The van der Waals surface area contributed by atoms with Crippen molar-refractivity contribution in [3.8, 4) is 0 Å². The van der Waals surface area contributed by atoms with Gasteiger partial charge in [0, 0.05) is 13.1 Å². The van der Waals surface area contributed by atoms with Gasteiger partial charge >= 0.3 is 6.18 Å². The number of aryl methyl sites for hydroxylation is 1. The molecular formula is C9H7F3N2OS. The summed E-state index contributed by atoms with van der Waals surface area (Å²) in [4.78, 5) is 14.5. The van der Waals surface area contributed by atoms with Crippen LogP contribution in [-0.4, -0.2) is 15.2 Å². The van der Waals surface area contributed by atoms with Gasteiger partial charge in [0.2, 0.25) is 0 Å². The zero-order valence-electron chi connectivity index (χ0n) is 8.42. The SMILES string of the molecule is CC(=O)c1nc2sc(C(F)(F)F)cn2c1C. The molecule has 16 heavy (non-hydrogen) atoms. The predicted molar refractivity (Wildman–Crippen MR) is 52.8 cm³/mol. The number of aromatic nitrogens is 2. The van der Waals surface area contributed by atoms with Gasteiger partial charge in [-0.25, -0.2) is 4.98 Å². The molecular weight excluding hydrogens is 241 g/mol. The van der Waals surface area contributed by atoms with E-state index in [1.807, 2.05) is 0 Å². The van der Waals surface area contributed by atoms with E-state index in [1.165, 1.54) is 11.3 Å². The van der Waals surface area contributed by atoms with Gasteiger partial charge in [0.05, 0.1) is 5.69 Å². The van der Waals surface area contributed by atoms with Crippen molar-refractivity contribution in [2.24, 2.45) is 0 Å². The van der Waals surface area contributed by atoms with E-state index >= 15 is 0 Å². The second-order valence-electron chi connectivity index (χ2n) is 3.35. The Morgan fingerprint density at radius 1 is 1.50 bits per heavy atom. The van der Waals surface area contributed by atoms with Gasteiger partial charge in [-0.15, -0.1) is 0 Å². The molecule has 7 heteroatoms. The molecule has 2 aromatic heterocycles. The largest absolute Gasteiger partial charge is 0.427 e. The Bertz CT molecular complexity index is 567. The van der Waals surface area contributed by atoms with Crippen molar-refractivity contribution in [3.63, 3.8) is 0 Å². The van der Waals surface area contributed by atoms with E-state index in [-0.39, 0.29) is 16.4 Å². The minimum Gasteiger partial charge on any atom is -0.294 e. The number of fused-ring (bicyclic) bond motifs is 1. The maximum atomic E-state index is 12.4. The molecule has 3 nitrogen and oxygen atoms in total. The molecule has 0 aliphatic rings. The van der Waals surface area contributed by atoms with Crippen molar-refractivity contribution in [1.29, 1.82) is 0 Å². The zero-order chi connectivity index (χ0) is 12.1. The Hall–Kier alpha value is -1.37. The first-order chi connectivity index (χ1) is 7.30. The second kappa shape index (κ2) is 3.31. The molecule has 0 radical (unpaired) electrons. The number of hydrogen-bond donors (Lipinski definition) is 0. The zero-order valence-corrected chi connectivity index (χ0v) is 9.24. The lowest BCUT2D eigenvalue weighted by atomic mass is 10.3. The molecule has 0 aromatic carbocycles. The summed E-state index contributed by atoms with van der Waals surface area (Å²) >= 11 is 0.531. The van der Waals surface area contributed by atoms with Crippen molar-refractivity contribution < 1.29 is 18.0 Å². The average Bonchev–Trinajstić information content (AvgIpc) is 2.64. The number of halogens is 3. The fourth-order valence-electron chi connectivity index (χ4n) is 1.42. The molecule has 2 heterocycles. The first-order valence-electron chi connectivity index (χ1n) is 4.37. The number of thiazole rings is 1. The second-order valence-corrected chi connectivity index (χ2v) is 4.36. The molecule has 0 atom stereocenters. The van der Waals surface area contributed by atoms with E-state index in [2.05, 4.69) is 4.98 Å². The van der Waals surface area contributed by atoms with Crippen LogP contribution in [-0.2, 0) is 6.18 Å². The lowest BCUT2D eigenvalue weighted by Gasteiger charge is -2.00. The normalized spacial score (nSPS) is 12.3. The smallest absolute Gasteiger partial charge is 0.294 e. The van der Waals surface area contributed by atoms with Crippen LogP contribution in [0.1, 0.15) is 28.0 Å². The first-order valence-corrected chi connectivity index (χ1v) is 5.19. The van der Waals surface area contributed by atoms with Gasteiger partial charge in [-0.1, -0.05) is 11.3 Å². The van der Waals surface area contributed by atoms with Crippen molar-refractivity contribution >= 4 is 22.1 Å². The number of nitrogens with zero attached hydrogens (tertiary/aromatic N) is 2. The molecule has 0 fully saturated rings. The lowest BCUT2D eigenvalue weighted by molar-refractivity contribution is -0.134. The molecule has 0 bridgehead atoms. The van der Waals surface area contributed by atoms with E-state index in [0.717, 1.165) is 6.20 Å². The number of rotatable bonds is 1. The molecule has 2 aromatic rings. The monoisotopic (exact) mass is 248 g/mol. The minimum atomic E-state index is -4.37. The highest BCUT2D eigenvalue weighted by molar-refractivity contribution is 7.17. The summed E-state index contributed by atoms with van der Waals surface area (Å²) in [6, 6.07) is 0. The van der Waals surface area contributed by atoms with Gasteiger partial charge < -0.3 is 0 Å². The number of Topliss-reactive ketones (excluding diaryl/α,β-unsaturated/α-hetero) is 1. The number of carbonyl (C=O) groups is 1. The maximum Gasteiger partial charge on any atom is 0.427 e. The van der Waals surface area contributed by atoms with Gasteiger partial charge in [0.25, 0.3) is 0 Å². The fourth-order valence-corrected chi connectivity index (χ4v) is 2.31. The summed E-state index contributed by atoms with van der Waals surface area (Å²) in [6.07, 6.45) is -3.40. The van der Waals surface area contributed by atoms with Gasteiger partial charge in [-0.3, -0.25) is 9.20 Å². The Labute approximate surface area is 92.5 Å². The summed E-state index contributed by atoms with van der Waals surface area (Å²) < 4.78 is 38.5. The highest BCUT2D eigenvalue weighted by Gasteiger charge is 2.34. The number of carbonyl (C=O) groups excluding carboxylic acids is 1. The molecule has 2 rings (SSSR count). The van der Waals surface area contributed by atoms with Crippen LogP contribution in [0, 0.1) is 6.92 Å². The van der Waals surface area contributed by atoms with E-state index in [4.69, 9.17) is 0 Å². The van der Waals surface area contributed by atoms with E-state index in [0.29, 0.717) is 17.0 Å². The minimum absolute atomic E-state index is 0.190. The molecule has 0 aliphatic carbocycles. The number of ketones is 1. The van der Waals surface area contributed by atoms with Gasteiger partial charge in [0.15, 0.2) is 10.7 Å². The molecule has 0 spiro atoms. The van der Waals surface area contributed by atoms with Crippen LogP contribution >= 0.6 is 11.3 Å². The average molecular weight is 248 g/mol. The Morgan fingerprint density at radius 2 is 2.12 bits per heavy atom. The molecule has 0 saturated heterocycles. The predicted octanol–water partition coefficient (Wildman–Crippen LogP) is 2.93. The standard InChI is InChI=1S/C9H7F3N2OS/c1-4-7(5(2)15)13-8-14(4)3-6(16-8)9(10,11)12/h3H,1-2H3. The quantitative estimate of drug-likeness (QED) is 0.727. The molecule has 0 aliphatic heterocycles. The Kier molecular flexibility index (Phi) is 2.30. The van der Waals surface area contributed by atoms with Crippen molar-refractivity contribution in [1.82, 2.24) is 9.38 Å². The number of hydrogen-bond acceptors (Lipinski definition) is 3. The van der Waals surface area contributed by atoms with Crippen LogP contribution in [0.3, 0.4) is 0 Å². The Morgan fingerprint density at radius 3 is 2.56 bits per heavy atom. The van der Waals surface area contributed by atoms with Crippen LogP contribution in [0.4, 0.5) is 13.2 Å². The molecule has 86 valence electrons. The van der Waals surface area contributed by atoms with Crippen LogP contribution in [0.5, 0.6) is 0 Å². The third kappa shape index (κ3) is 1.60. The maximum absolute atomic E-state index is 12.4. The van der Waals surface area contributed by atoms with E-state index < -0.39 is 11.1 Å². The van der Waals surface area contributed by atoms with Crippen LogP contribution in [0.15, 0.2) is 6.20 Å². The molecule has 0 amide bonds. The van der Waals surface area contributed by atoms with Crippen LogP contribution in [0.25, 0.3) is 4.96 Å². The number of alkyl halides is 3. The third-order valence-corrected chi connectivity index (χ3v) is 3.21. The van der Waals surface area contributed by atoms with E-state index in [9.17, 15) is 18.0 Å². The lowest BCUT2D eigenvalue weighted by Crippen LogP contribution is -2.02. The Balaban J connectivity index is 2.63. The first kappa shape index (κ1) is 11.1. The van der Waals surface area contributed by atoms with Crippen molar-refractivity contribution in [3.05, 3.63) is 22.5 Å². The highest BCUT2D eigenvalue weighted by atomic mass is 32.1. The van der Waals surface area contributed by atoms with Crippen LogP contribution in [0.2, 0.25) is 0 Å². The summed E-state index contributed by atoms with van der Waals surface area (Å²) in [5.74, 6) is -0.248. The summed E-state index contributed by atoms with van der Waals surface area (Å²) in [6.45, 7) is 2.91. The van der Waals surface area contributed by atoms with E-state index in [1.54, 1.807) is 6.92 Å². The van der Waals surface area contributed by atoms with Gasteiger partial charge in [0.1, 0.15) is 10.6 Å². The van der Waals surface area contributed by atoms with Gasteiger partial charge in [-0.05, 0) is 6.92 Å². The fraction of sp³-hybridized carbons (Fsp3) is 0.333. The third-order valence-electron chi connectivity index (χ3n) is 2.18. The summed E-state index contributed by atoms with van der Waals surface area (Å²) in [5.41, 5.74) is 0.661. The number of imidazole rings is 1. The van der Waals surface area contributed by atoms with Crippen molar-refractivity contribution in [2.45, 2.75) is 20.0 Å². The molecule has 0 saturated carbocycles.